The number of nitrogens with zero attached hydrogens (tertiary/aromatic N) is 5. The number of benzene rings is 2. The monoisotopic (exact) mass is 704 g/mol. The Hall–Kier alpha value is -3.17. The average molecular weight is 705 g/mol. The summed E-state index contributed by atoms with van der Waals surface area (Å²) in [6, 6.07) is 18.8. The highest BCUT2D eigenvalue weighted by molar-refractivity contribution is 8.64. The Balaban J connectivity index is 0.000000801. The molecule has 0 bridgehead atoms. The predicted molar refractivity (Wildman–Crippen MR) is 191 cm³/mol. The van der Waals surface area contributed by atoms with Gasteiger partial charge in [0.15, 0.2) is 5.82 Å². The molecule has 0 unspecified atom stereocenters. The van der Waals surface area contributed by atoms with Gasteiger partial charge in [-0.2, -0.15) is 5.26 Å². The molecular weight excluding hydrogens is 673 g/mol. The summed E-state index contributed by atoms with van der Waals surface area (Å²) in [6.07, 6.45) is 4.01. The van der Waals surface area contributed by atoms with Crippen LogP contribution in [-0.2, 0) is 62.7 Å². The molecule has 4 N–H and O–H groups in total. The third kappa shape index (κ3) is 11.7. The quantitative estimate of drug-likeness (QED) is 0.213. The Bertz CT molecular complexity index is 1580. The van der Waals surface area contributed by atoms with Crippen LogP contribution in [-0.4, -0.2) is 66.0 Å². The normalized spacial score (nSPS) is 12.1. The van der Waals surface area contributed by atoms with Gasteiger partial charge >= 0.3 is 0 Å². The second kappa shape index (κ2) is 20.0. The lowest BCUT2D eigenvalue weighted by molar-refractivity contribution is -0.131. The summed E-state index contributed by atoms with van der Waals surface area (Å²) in [5, 5.41) is 14.4. The maximum Gasteiger partial charge on any atom is 0.252 e. The van der Waals surface area contributed by atoms with Crippen molar-refractivity contribution in [3.05, 3.63) is 66.4 Å². The number of piperazine rings is 1. The lowest BCUT2D eigenvalue weighted by atomic mass is 10.1. The van der Waals surface area contributed by atoms with Gasteiger partial charge in [-0.25, -0.2) is 9.97 Å². The SMILES string of the molecule is N#CCNC(=O)c1ccc(-c2nccc(Nc3ccc(N4CCN(C(=O)CCCCN)CC4)cc3)n2)cc1.S=S=S=S=S=S. The number of amides is 2. The molecule has 3 aromatic rings. The lowest BCUT2D eigenvalue weighted by Crippen LogP contribution is -2.48. The first-order valence-corrected chi connectivity index (χ1v) is 20.3. The smallest absolute Gasteiger partial charge is 0.252 e. The first-order chi connectivity index (χ1) is 21.5. The maximum atomic E-state index is 12.3. The number of anilines is 3. The van der Waals surface area contributed by atoms with Crippen LogP contribution in [0.1, 0.15) is 29.6 Å². The fraction of sp³-hybridized carbons (Fsp3) is 0.321. The Morgan fingerprint density at radius 1 is 0.955 bits per heavy atom. The number of hydrogen-bond acceptors (Lipinski definition) is 10. The van der Waals surface area contributed by atoms with E-state index in [0.29, 0.717) is 30.2 Å². The fourth-order valence-corrected chi connectivity index (χ4v) is 9.77. The van der Waals surface area contributed by atoms with Gasteiger partial charge in [-0.3, -0.25) is 9.59 Å². The van der Waals surface area contributed by atoms with Crippen molar-refractivity contribution in [3.8, 4) is 17.5 Å². The van der Waals surface area contributed by atoms with E-state index >= 15 is 0 Å². The van der Waals surface area contributed by atoms with Crippen molar-refractivity contribution in [2.24, 2.45) is 5.73 Å². The highest BCUT2D eigenvalue weighted by Crippen LogP contribution is 2.23. The van der Waals surface area contributed by atoms with Crippen LogP contribution in [0.2, 0.25) is 0 Å². The van der Waals surface area contributed by atoms with Gasteiger partial charge in [0.1, 0.15) is 12.4 Å². The number of hydrogen-bond donors (Lipinski definition) is 3. The molecule has 0 aliphatic carbocycles. The lowest BCUT2D eigenvalue weighted by Gasteiger charge is -2.36. The number of carbonyl (C=O) groups is 2. The predicted octanol–water partition coefficient (Wildman–Crippen LogP) is 2.90. The third-order valence-electron chi connectivity index (χ3n) is 6.45. The maximum absolute atomic E-state index is 12.3. The molecule has 1 saturated heterocycles. The van der Waals surface area contributed by atoms with Crippen LogP contribution in [0.5, 0.6) is 0 Å². The van der Waals surface area contributed by atoms with E-state index in [4.69, 9.17) is 11.0 Å². The minimum atomic E-state index is -0.299. The summed E-state index contributed by atoms with van der Waals surface area (Å²) in [4.78, 5) is 37.5. The molecule has 0 atom stereocenters. The molecule has 16 heteroatoms. The zero-order valence-corrected chi connectivity index (χ0v) is 28.6. The number of nitriles is 1. The van der Waals surface area contributed by atoms with E-state index in [9.17, 15) is 9.59 Å². The van der Waals surface area contributed by atoms with Gasteiger partial charge in [0.2, 0.25) is 5.91 Å². The van der Waals surface area contributed by atoms with Crippen molar-refractivity contribution in [1.29, 1.82) is 5.26 Å². The summed E-state index contributed by atoms with van der Waals surface area (Å²) in [7, 11) is 5.63. The van der Waals surface area contributed by atoms with Gasteiger partial charge in [-0.05, 0) is 61.9 Å². The number of carbonyl (C=O) groups excluding carboxylic acids is 2. The van der Waals surface area contributed by atoms with E-state index in [2.05, 4.69) is 60.0 Å². The molecule has 1 aliphatic rings. The van der Waals surface area contributed by atoms with E-state index in [-0.39, 0.29) is 18.4 Å². The summed E-state index contributed by atoms with van der Waals surface area (Å²) in [5.74, 6) is 1.11. The van der Waals surface area contributed by atoms with Gasteiger partial charge in [0.05, 0.1) is 6.07 Å². The van der Waals surface area contributed by atoms with E-state index in [1.54, 1.807) is 36.5 Å². The molecule has 2 aromatic carbocycles. The summed E-state index contributed by atoms with van der Waals surface area (Å²) >= 11 is 9.03. The average Bonchev–Trinajstić information content (AvgIpc) is 3.07. The molecule has 0 spiro atoms. The van der Waals surface area contributed by atoms with Gasteiger partial charge in [0.25, 0.3) is 5.91 Å². The number of rotatable bonds is 10. The Morgan fingerprint density at radius 2 is 1.64 bits per heavy atom. The van der Waals surface area contributed by atoms with Crippen LogP contribution >= 0.6 is 0 Å². The van der Waals surface area contributed by atoms with Crippen molar-refractivity contribution < 1.29 is 9.59 Å². The highest BCUT2D eigenvalue weighted by atomic mass is 33.3. The van der Waals surface area contributed by atoms with Crippen molar-refractivity contribution in [2.75, 3.05) is 49.5 Å². The van der Waals surface area contributed by atoms with E-state index in [0.717, 1.165) is 56.0 Å². The zero-order chi connectivity index (χ0) is 31.6. The van der Waals surface area contributed by atoms with Crippen LogP contribution in [0.25, 0.3) is 11.4 Å². The molecule has 1 fully saturated rings. The van der Waals surface area contributed by atoms with Crippen LogP contribution < -0.4 is 21.3 Å². The van der Waals surface area contributed by atoms with Crippen LogP contribution in [0, 0.1) is 11.3 Å². The first-order valence-electron chi connectivity index (χ1n) is 13.6. The second-order valence-corrected chi connectivity index (χ2v) is 16.3. The third-order valence-corrected chi connectivity index (χ3v) is 13.1. The Kier molecular flexibility index (Phi) is 16.0. The molecule has 232 valence electrons. The number of nitrogens with one attached hydrogen (secondary N) is 2. The fourth-order valence-electron chi connectivity index (χ4n) is 4.28. The van der Waals surface area contributed by atoms with E-state index in [1.807, 2.05) is 23.1 Å². The summed E-state index contributed by atoms with van der Waals surface area (Å²) in [5.41, 5.74) is 8.78. The van der Waals surface area contributed by atoms with Crippen LogP contribution in [0.15, 0.2) is 60.8 Å². The largest absolute Gasteiger partial charge is 0.368 e. The van der Waals surface area contributed by atoms with Gasteiger partial charge in [-0.15, -0.1) is 0 Å². The van der Waals surface area contributed by atoms with Gasteiger partial charge in [0, 0.05) is 119 Å². The van der Waals surface area contributed by atoms with Crippen molar-refractivity contribution in [2.45, 2.75) is 19.3 Å². The van der Waals surface area contributed by atoms with Crippen LogP contribution in [0.4, 0.5) is 17.2 Å². The molecule has 44 heavy (non-hydrogen) atoms. The minimum absolute atomic E-state index is 0.0357. The van der Waals surface area contributed by atoms with Crippen LogP contribution in [0.3, 0.4) is 0 Å². The topological polar surface area (TPSA) is 140 Å². The minimum Gasteiger partial charge on any atom is -0.368 e. The first kappa shape index (κ1) is 35.3. The summed E-state index contributed by atoms with van der Waals surface area (Å²) in [6.45, 7) is 3.68. The molecule has 1 aromatic heterocycles. The van der Waals surface area contributed by atoms with E-state index in [1.165, 1.54) is 35.5 Å². The summed E-state index contributed by atoms with van der Waals surface area (Å²) < 4.78 is 0. The van der Waals surface area contributed by atoms with Crippen molar-refractivity contribution in [1.82, 2.24) is 20.2 Å². The number of aromatic nitrogens is 2. The Morgan fingerprint density at radius 3 is 2.25 bits per heavy atom. The zero-order valence-electron chi connectivity index (χ0n) is 23.7. The van der Waals surface area contributed by atoms with Crippen molar-refractivity contribution >= 4 is 86.9 Å². The number of nitrogens with two attached hydrogens (primary N) is 1. The molecule has 0 saturated carbocycles. The molecule has 0 radical (unpaired) electrons. The van der Waals surface area contributed by atoms with Crippen molar-refractivity contribution in [3.63, 3.8) is 0 Å². The molecule has 2 amide bonds. The number of unbranched alkanes of at least 4 members (excludes halogenated alkanes) is 1. The van der Waals surface area contributed by atoms with Gasteiger partial charge in [-0.1, -0.05) is 12.1 Å². The molecule has 1 aliphatic heterocycles. The van der Waals surface area contributed by atoms with E-state index < -0.39 is 0 Å². The molecular formula is C28H32N8O2S6. The standard InChI is InChI=1S/C28H32N8O2.S6/c29-13-2-1-3-26(37)36-19-17-35(18-20-36)24-10-8-23(9-11-24)33-25-12-15-31-27(34-25)21-4-6-22(7-5-21)28(38)32-16-14-30;1-3-5-6-4-2/h4-12,15H,1-3,13,16-20,29H2,(H,32,38)(H,31,33,34);. The molecule has 4 rings (SSSR count). The van der Waals surface area contributed by atoms with Gasteiger partial charge < -0.3 is 26.2 Å². The Labute approximate surface area is 278 Å². The highest BCUT2D eigenvalue weighted by Gasteiger charge is 2.21. The molecule has 2 heterocycles. The molecule has 10 nitrogen and oxygen atoms in total. The second-order valence-electron chi connectivity index (χ2n) is 9.24.